The van der Waals surface area contributed by atoms with E-state index in [1.807, 2.05) is 12.1 Å². The van der Waals surface area contributed by atoms with Gasteiger partial charge in [0.05, 0.1) is 0 Å². The van der Waals surface area contributed by atoms with Crippen LogP contribution in [0.1, 0.15) is 38.2 Å². The third-order valence-corrected chi connectivity index (χ3v) is 4.35. The second-order valence-corrected chi connectivity index (χ2v) is 6.02. The molecule has 1 saturated carbocycles. The van der Waals surface area contributed by atoms with Gasteiger partial charge in [0.1, 0.15) is 4.99 Å². The summed E-state index contributed by atoms with van der Waals surface area (Å²) in [6, 6.07) is 6.00. The fourth-order valence-electron chi connectivity index (χ4n) is 2.29. The molecule has 0 amide bonds. The Balaban J connectivity index is 2.30. The van der Waals surface area contributed by atoms with E-state index in [0.717, 1.165) is 22.1 Å². The molecule has 17 heavy (non-hydrogen) atoms. The first-order valence-electron chi connectivity index (χ1n) is 5.94. The van der Waals surface area contributed by atoms with Crippen molar-refractivity contribution in [1.29, 1.82) is 0 Å². The number of hydrogen-bond donors (Lipinski definition) is 2. The van der Waals surface area contributed by atoms with Crippen molar-refractivity contribution < 1.29 is 0 Å². The molecule has 1 aromatic rings. The molecule has 1 fully saturated rings. The zero-order chi connectivity index (χ0) is 12.5. The molecule has 0 spiro atoms. The second kappa shape index (κ2) is 4.94. The number of halogens is 1. The molecule has 0 radical (unpaired) electrons. The number of nitrogens with two attached hydrogens (primary N) is 1. The van der Waals surface area contributed by atoms with Gasteiger partial charge in [-0.2, -0.15) is 0 Å². The molecule has 0 aromatic heterocycles. The van der Waals surface area contributed by atoms with Gasteiger partial charge in [-0.1, -0.05) is 35.1 Å². The van der Waals surface area contributed by atoms with Crippen molar-refractivity contribution >= 4 is 38.8 Å². The molecule has 1 aliphatic rings. The van der Waals surface area contributed by atoms with Crippen molar-refractivity contribution in [2.24, 2.45) is 5.73 Å². The summed E-state index contributed by atoms with van der Waals surface area (Å²) in [7, 11) is 0. The number of hydrogen-bond acceptors (Lipinski definition) is 2. The van der Waals surface area contributed by atoms with Crippen LogP contribution in [0.3, 0.4) is 0 Å². The smallest absolute Gasteiger partial charge is 0.106 e. The third-order valence-electron chi connectivity index (χ3n) is 3.63. The summed E-state index contributed by atoms with van der Waals surface area (Å²) in [4.78, 5) is 0.450. The molecule has 0 heterocycles. The first-order chi connectivity index (χ1) is 8.06. The largest absolute Gasteiger partial charge is 0.389 e. The Morgan fingerprint density at radius 2 is 2.24 bits per heavy atom. The van der Waals surface area contributed by atoms with Crippen LogP contribution in [0.4, 0.5) is 5.69 Å². The van der Waals surface area contributed by atoms with Crippen LogP contribution >= 0.6 is 28.1 Å². The molecule has 1 aliphatic carbocycles. The normalized spacial score (nSPS) is 17.3. The Kier molecular flexibility index (Phi) is 3.73. The number of anilines is 1. The predicted molar refractivity (Wildman–Crippen MR) is 80.5 cm³/mol. The Hall–Kier alpha value is -0.610. The molecule has 92 valence electrons. The van der Waals surface area contributed by atoms with Gasteiger partial charge in [-0.3, -0.25) is 0 Å². The Morgan fingerprint density at radius 1 is 1.53 bits per heavy atom. The second-order valence-electron chi connectivity index (χ2n) is 4.67. The Bertz CT molecular complexity index is 436. The Morgan fingerprint density at radius 3 is 2.71 bits per heavy atom. The summed E-state index contributed by atoms with van der Waals surface area (Å²) >= 11 is 8.59. The molecule has 0 unspecified atom stereocenters. The standard InChI is InChI=1S/C13H17BrN2S/c1-2-13(6-3-7-13)16-11-8-9(14)4-5-10(11)12(15)17/h4-5,8,16H,2-3,6-7H2,1H3,(H2,15,17). The fraction of sp³-hybridized carbons (Fsp3) is 0.462. The minimum atomic E-state index is 0.250. The number of thiocarbonyl (C=S) groups is 1. The molecule has 1 aromatic carbocycles. The molecule has 0 atom stereocenters. The van der Waals surface area contributed by atoms with Crippen molar-refractivity contribution in [3.8, 4) is 0 Å². The van der Waals surface area contributed by atoms with Crippen molar-refractivity contribution in [2.75, 3.05) is 5.32 Å². The number of rotatable bonds is 4. The van der Waals surface area contributed by atoms with Gasteiger partial charge in [0.2, 0.25) is 0 Å². The molecule has 0 bridgehead atoms. The summed E-state index contributed by atoms with van der Waals surface area (Å²) in [5, 5.41) is 3.63. The van der Waals surface area contributed by atoms with E-state index in [0.29, 0.717) is 4.99 Å². The summed E-state index contributed by atoms with van der Waals surface area (Å²) in [5.41, 5.74) is 7.99. The maximum absolute atomic E-state index is 5.76. The van der Waals surface area contributed by atoms with Crippen LogP contribution in [0.5, 0.6) is 0 Å². The lowest BCUT2D eigenvalue weighted by molar-refractivity contribution is 0.269. The highest BCUT2D eigenvalue weighted by atomic mass is 79.9. The lowest BCUT2D eigenvalue weighted by Crippen LogP contribution is -2.44. The third kappa shape index (κ3) is 2.63. The molecule has 4 heteroatoms. The average molecular weight is 313 g/mol. The molecule has 2 nitrogen and oxygen atoms in total. The lowest BCUT2D eigenvalue weighted by Gasteiger charge is -2.43. The van der Waals surface area contributed by atoms with E-state index in [2.05, 4.69) is 34.2 Å². The van der Waals surface area contributed by atoms with Gasteiger partial charge in [0.15, 0.2) is 0 Å². The van der Waals surface area contributed by atoms with E-state index < -0.39 is 0 Å². The summed E-state index contributed by atoms with van der Waals surface area (Å²) in [5.74, 6) is 0. The van der Waals surface area contributed by atoms with Gasteiger partial charge in [-0.25, -0.2) is 0 Å². The van der Waals surface area contributed by atoms with Crippen LogP contribution in [0.25, 0.3) is 0 Å². The molecule has 0 saturated heterocycles. The van der Waals surface area contributed by atoms with E-state index in [9.17, 15) is 0 Å². The van der Waals surface area contributed by atoms with E-state index in [4.69, 9.17) is 18.0 Å². The van der Waals surface area contributed by atoms with Crippen LogP contribution in [0, 0.1) is 0 Å². The summed E-state index contributed by atoms with van der Waals surface area (Å²) in [6.07, 6.45) is 4.90. The van der Waals surface area contributed by atoms with Gasteiger partial charge >= 0.3 is 0 Å². The molecule has 2 rings (SSSR count). The Labute approximate surface area is 116 Å². The van der Waals surface area contributed by atoms with Crippen molar-refractivity contribution in [3.05, 3.63) is 28.2 Å². The first-order valence-corrected chi connectivity index (χ1v) is 7.14. The zero-order valence-electron chi connectivity index (χ0n) is 9.92. The highest BCUT2D eigenvalue weighted by molar-refractivity contribution is 9.10. The minimum Gasteiger partial charge on any atom is -0.389 e. The van der Waals surface area contributed by atoms with Crippen LogP contribution in [-0.2, 0) is 0 Å². The zero-order valence-corrected chi connectivity index (χ0v) is 12.3. The van der Waals surface area contributed by atoms with E-state index >= 15 is 0 Å². The molecular formula is C13H17BrN2S. The van der Waals surface area contributed by atoms with Crippen molar-refractivity contribution in [1.82, 2.24) is 0 Å². The van der Waals surface area contributed by atoms with E-state index in [1.165, 1.54) is 19.3 Å². The maximum Gasteiger partial charge on any atom is 0.106 e. The highest BCUT2D eigenvalue weighted by Gasteiger charge is 2.35. The SMILES string of the molecule is CCC1(Nc2cc(Br)ccc2C(N)=S)CCC1. The number of benzene rings is 1. The van der Waals surface area contributed by atoms with Crippen molar-refractivity contribution in [3.63, 3.8) is 0 Å². The van der Waals surface area contributed by atoms with Crippen LogP contribution < -0.4 is 11.1 Å². The molecule has 0 aliphatic heterocycles. The maximum atomic E-state index is 5.76. The highest BCUT2D eigenvalue weighted by Crippen LogP contribution is 2.39. The molecular weight excluding hydrogens is 296 g/mol. The summed E-state index contributed by atoms with van der Waals surface area (Å²) < 4.78 is 1.05. The van der Waals surface area contributed by atoms with E-state index in [1.54, 1.807) is 0 Å². The van der Waals surface area contributed by atoms with Gasteiger partial charge in [-0.15, -0.1) is 0 Å². The van der Waals surface area contributed by atoms with Gasteiger partial charge in [-0.05, 0) is 43.9 Å². The van der Waals surface area contributed by atoms with Crippen molar-refractivity contribution in [2.45, 2.75) is 38.1 Å². The minimum absolute atomic E-state index is 0.250. The fourth-order valence-corrected chi connectivity index (χ4v) is 2.83. The summed E-state index contributed by atoms with van der Waals surface area (Å²) in [6.45, 7) is 2.23. The van der Waals surface area contributed by atoms with Crippen LogP contribution in [0.2, 0.25) is 0 Å². The quantitative estimate of drug-likeness (QED) is 0.830. The van der Waals surface area contributed by atoms with E-state index in [-0.39, 0.29) is 5.54 Å². The van der Waals surface area contributed by atoms with Gasteiger partial charge in [0, 0.05) is 21.3 Å². The van der Waals surface area contributed by atoms with Crippen LogP contribution in [0.15, 0.2) is 22.7 Å². The van der Waals surface area contributed by atoms with Gasteiger partial charge < -0.3 is 11.1 Å². The topological polar surface area (TPSA) is 38.0 Å². The molecule has 3 N–H and O–H groups in total. The number of nitrogens with one attached hydrogen (secondary N) is 1. The lowest BCUT2D eigenvalue weighted by atomic mass is 9.74. The predicted octanol–water partition coefficient (Wildman–Crippen LogP) is 3.83. The average Bonchev–Trinajstić information content (AvgIpc) is 2.23. The monoisotopic (exact) mass is 312 g/mol. The van der Waals surface area contributed by atoms with Crippen LogP contribution in [-0.4, -0.2) is 10.5 Å². The first kappa shape index (κ1) is 12.8. The van der Waals surface area contributed by atoms with Gasteiger partial charge in [0.25, 0.3) is 0 Å².